The molecule has 2 atom stereocenters. The smallest absolute Gasteiger partial charge is 0.328 e. The second-order valence-electron chi connectivity index (χ2n) is 6.30. The van der Waals surface area contributed by atoms with Gasteiger partial charge in [0.1, 0.15) is 18.2 Å². The number of carbonyl (C=O) groups excluding carboxylic acids is 1. The van der Waals surface area contributed by atoms with Crippen LogP contribution < -0.4 is 16.6 Å². The second kappa shape index (κ2) is 6.77. The van der Waals surface area contributed by atoms with Crippen molar-refractivity contribution < 1.29 is 4.79 Å². The number of rotatable bonds is 3. The molecule has 0 radical (unpaired) electrons. The van der Waals surface area contributed by atoms with Crippen LogP contribution in [0.4, 0.5) is 0 Å². The SMILES string of the molecule is CC1CCc2ccccc2C1NC(=O)Cn1cc(C#N)c(=O)[nH]c1=O. The van der Waals surface area contributed by atoms with Crippen molar-refractivity contribution in [2.45, 2.75) is 32.4 Å². The Kier molecular flexibility index (Phi) is 4.52. The predicted octanol–water partition coefficient (Wildman–Crippen LogP) is 0.848. The van der Waals surface area contributed by atoms with Crippen molar-refractivity contribution >= 4 is 5.91 Å². The molecule has 3 rings (SSSR count). The number of aromatic amines is 1. The van der Waals surface area contributed by atoms with E-state index in [1.807, 2.05) is 23.2 Å². The van der Waals surface area contributed by atoms with Crippen LogP contribution in [0.3, 0.4) is 0 Å². The van der Waals surface area contributed by atoms with Crippen LogP contribution in [0.15, 0.2) is 40.1 Å². The molecular weight excluding hydrogens is 320 g/mol. The molecule has 1 aliphatic carbocycles. The molecule has 2 unspecified atom stereocenters. The van der Waals surface area contributed by atoms with E-state index in [2.05, 4.69) is 18.3 Å². The van der Waals surface area contributed by atoms with Crippen LogP contribution in [0.2, 0.25) is 0 Å². The van der Waals surface area contributed by atoms with E-state index in [0.717, 1.165) is 29.2 Å². The quantitative estimate of drug-likeness (QED) is 0.865. The van der Waals surface area contributed by atoms with Crippen molar-refractivity contribution in [3.63, 3.8) is 0 Å². The fourth-order valence-electron chi connectivity index (χ4n) is 3.22. The molecule has 2 N–H and O–H groups in total. The first-order valence-corrected chi connectivity index (χ1v) is 8.10. The van der Waals surface area contributed by atoms with Crippen LogP contribution in [-0.2, 0) is 17.8 Å². The van der Waals surface area contributed by atoms with E-state index in [1.165, 1.54) is 5.56 Å². The van der Waals surface area contributed by atoms with Gasteiger partial charge in [0, 0.05) is 6.20 Å². The maximum atomic E-state index is 12.4. The topological polar surface area (TPSA) is 108 Å². The summed E-state index contributed by atoms with van der Waals surface area (Å²) in [5.74, 6) is -0.0626. The predicted molar refractivity (Wildman–Crippen MR) is 90.8 cm³/mol. The van der Waals surface area contributed by atoms with Crippen LogP contribution in [0, 0.1) is 17.2 Å². The van der Waals surface area contributed by atoms with Gasteiger partial charge in [-0.05, 0) is 29.9 Å². The Morgan fingerprint density at radius 3 is 2.92 bits per heavy atom. The van der Waals surface area contributed by atoms with Gasteiger partial charge in [0.25, 0.3) is 5.56 Å². The number of aryl methyl sites for hydroxylation is 1. The summed E-state index contributed by atoms with van der Waals surface area (Å²) in [7, 11) is 0. The van der Waals surface area contributed by atoms with Crippen LogP contribution in [0.5, 0.6) is 0 Å². The van der Waals surface area contributed by atoms with Crippen molar-refractivity contribution in [2.24, 2.45) is 5.92 Å². The molecule has 1 amide bonds. The molecular formula is C18H18N4O3. The molecule has 7 heteroatoms. The third-order valence-corrected chi connectivity index (χ3v) is 4.59. The Balaban J connectivity index is 1.81. The Morgan fingerprint density at radius 1 is 1.40 bits per heavy atom. The summed E-state index contributed by atoms with van der Waals surface area (Å²) >= 11 is 0. The lowest BCUT2D eigenvalue weighted by Crippen LogP contribution is -2.40. The van der Waals surface area contributed by atoms with E-state index in [-0.39, 0.29) is 30.0 Å². The molecule has 1 aliphatic rings. The molecule has 0 spiro atoms. The Hall–Kier alpha value is -3.14. The number of fused-ring (bicyclic) bond motifs is 1. The number of H-pyrrole nitrogens is 1. The second-order valence-corrected chi connectivity index (χ2v) is 6.30. The van der Waals surface area contributed by atoms with Gasteiger partial charge in [0.05, 0.1) is 6.04 Å². The minimum atomic E-state index is -0.751. The van der Waals surface area contributed by atoms with E-state index in [9.17, 15) is 14.4 Å². The Bertz CT molecular complexity index is 967. The molecule has 0 fully saturated rings. The fraction of sp³-hybridized carbons (Fsp3) is 0.333. The lowest BCUT2D eigenvalue weighted by Gasteiger charge is -2.32. The number of benzene rings is 1. The first-order chi connectivity index (χ1) is 12.0. The average Bonchev–Trinajstić information content (AvgIpc) is 2.60. The molecule has 0 saturated carbocycles. The molecule has 0 bridgehead atoms. The van der Waals surface area contributed by atoms with Crippen LogP contribution in [-0.4, -0.2) is 15.5 Å². The first kappa shape index (κ1) is 16.7. The van der Waals surface area contributed by atoms with Gasteiger partial charge >= 0.3 is 5.69 Å². The Morgan fingerprint density at radius 2 is 2.16 bits per heavy atom. The standard InChI is InChI=1S/C18H18N4O3/c1-11-6-7-12-4-2-3-5-14(12)16(11)20-15(23)10-22-9-13(8-19)17(24)21-18(22)25/h2-5,9,11,16H,6-7,10H2,1H3,(H,20,23)(H,21,24,25). The zero-order valence-electron chi connectivity index (χ0n) is 13.8. The number of aromatic nitrogens is 2. The van der Waals surface area contributed by atoms with E-state index < -0.39 is 11.2 Å². The lowest BCUT2D eigenvalue weighted by atomic mass is 9.80. The molecule has 0 aliphatic heterocycles. The number of amides is 1. The normalized spacial score (nSPS) is 18.9. The van der Waals surface area contributed by atoms with E-state index >= 15 is 0 Å². The van der Waals surface area contributed by atoms with Gasteiger partial charge in [0.15, 0.2) is 0 Å². The van der Waals surface area contributed by atoms with E-state index in [0.29, 0.717) is 0 Å². The highest BCUT2D eigenvalue weighted by Crippen LogP contribution is 2.33. The number of carbonyl (C=O) groups is 1. The minimum absolute atomic E-state index is 0.119. The summed E-state index contributed by atoms with van der Waals surface area (Å²) < 4.78 is 1.04. The van der Waals surface area contributed by atoms with Gasteiger partial charge in [-0.2, -0.15) is 5.26 Å². The zero-order valence-corrected chi connectivity index (χ0v) is 13.8. The minimum Gasteiger partial charge on any atom is -0.347 e. The molecule has 1 aromatic carbocycles. The summed E-state index contributed by atoms with van der Waals surface area (Å²) in [5, 5.41) is 11.9. The summed E-state index contributed by atoms with van der Waals surface area (Å²) in [5.41, 5.74) is 0.652. The highest BCUT2D eigenvalue weighted by molar-refractivity contribution is 5.76. The summed E-state index contributed by atoms with van der Waals surface area (Å²) in [6.45, 7) is 1.83. The highest BCUT2D eigenvalue weighted by Gasteiger charge is 2.27. The summed E-state index contributed by atoms with van der Waals surface area (Å²) in [6, 6.07) is 9.58. The van der Waals surface area contributed by atoms with Crippen LogP contribution >= 0.6 is 0 Å². The summed E-state index contributed by atoms with van der Waals surface area (Å²) in [4.78, 5) is 37.7. The number of nitrogens with zero attached hydrogens (tertiary/aromatic N) is 2. The number of nitrogens with one attached hydrogen (secondary N) is 2. The molecule has 128 valence electrons. The summed E-state index contributed by atoms with van der Waals surface area (Å²) in [6.07, 6.45) is 3.06. The number of hydrogen-bond acceptors (Lipinski definition) is 4. The van der Waals surface area contributed by atoms with Gasteiger partial charge in [-0.1, -0.05) is 31.2 Å². The van der Waals surface area contributed by atoms with Crippen molar-refractivity contribution in [1.29, 1.82) is 5.26 Å². The maximum absolute atomic E-state index is 12.4. The molecule has 2 aromatic rings. The number of nitriles is 1. The van der Waals surface area contributed by atoms with Gasteiger partial charge in [-0.25, -0.2) is 4.79 Å². The molecule has 7 nitrogen and oxygen atoms in total. The molecule has 1 aromatic heterocycles. The van der Waals surface area contributed by atoms with Crippen molar-refractivity contribution in [3.05, 3.63) is 68.0 Å². The average molecular weight is 338 g/mol. The van der Waals surface area contributed by atoms with E-state index in [1.54, 1.807) is 6.07 Å². The fourth-order valence-corrected chi connectivity index (χ4v) is 3.22. The van der Waals surface area contributed by atoms with Gasteiger partial charge in [-0.15, -0.1) is 0 Å². The molecule has 0 saturated heterocycles. The maximum Gasteiger partial charge on any atom is 0.328 e. The first-order valence-electron chi connectivity index (χ1n) is 8.10. The highest BCUT2D eigenvalue weighted by atomic mass is 16.2. The van der Waals surface area contributed by atoms with Gasteiger partial charge in [-0.3, -0.25) is 19.1 Å². The largest absolute Gasteiger partial charge is 0.347 e. The van der Waals surface area contributed by atoms with Crippen LogP contribution in [0.1, 0.15) is 36.1 Å². The van der Waals surface area contributed by atoms with Crippen molar-refractivity contribution in [3.8, 4) is 6.07 Å². The van der Waals surface area contributed by atoms with Gasteiger partial charge < -0.3 is 5.32 Å². The van der Waals surface area contributed by atoms with Crippen molar-refractivity contribution in [2.75, 3.05) is 0 Å². The zero-order chi connectivity index (χ0) is 18.0. The monoisotopic (exact) mass is 338 g/mol. The number of hydrogen-bond donors (Lipinski definition) is 2. The third kappa shape index (κ3) is 3.38. The van der Waals surface area contributed by atoms with E-state index in [4.69, 9.17) is 5.26 Å². The molecule has 25 heavy (non-hydrogen) atoms. The lowest BCUT2D eigenvalue weighted by molar-refractivity contribution is -0.122. The molecule has 1 heterocycles. The van der Waals surface area contributed by atoms with Gasteiger partial charge in [0.2, 0.25) is 5.91 Å². The Labute approximate surface area is 143 Å². The van der Waals surface area contributed by atoms with Crippen molar-refractivity contribution in [1.82, 2.24) is 14.9 Å². The van der Waals surface area contributed by atoms with Crippen LogP contribution in [0.25, 0.3) is 0 Å². The third-order valence-electron chi connectivity index (χ3n) is 4.59.